The number of nitrogens with one attached hydrogen (secondary N) is 2. The number of anilines is 2. The summed E-state index contributed by atoms with van der Waals surface area (Å²) in [4.78, 5) is 23.4. The zero-order valence-electron chi connectivity index (χ0n) is 12.3. The lowest BCUT2D eigenvalue weighted by molar-refractivity contribution is -0.117. The first-order valence-corrected chi connectivity index (χ1v) is 7.47. The minimum absolute atomic E-state index is 0.00338. The first-order valence-electron chi connectivity index (χ1n) is 7.47. The molecule has 2 amide bonds. The molecule has 0 atom stereocenters. The smallest absolute Gasteiger partial charge is 0.224 e. The van der Waals surface area contributed by atoms with Crippen molar-refractivity contribution in [3.63, 3.8) is 0 Å². The van der Waals surface area contributed by atoms with Crippen molar-refractivity contribution in [2.24, 2.45) is 0 Å². The molecule has 0 bridgehead atoms. The minimum atomic E-state index is 0.00338. The van der Waals surface area contributed by atoms with Crippen LogP contribution in [-0.4, -0.2) is 11.8 Å². The molecule has 4 heteroatoms. The largest absolute Gasteiger partial charge is 0.326 e. The summed E-state index contributed by atoms with van der Waals surface area (Å²) in [5.41, 5.74) is 3.86. The average Bonchev–Trinajstić information content (AvgIpc) is 2.54. The van der Waals surface area contributed by atoms with Crippen molar-refractivity contribution in [3.8, 4) is 0 Å². The van der Waals surface area contributed by atoms with Gasteiger partial charge in [-0.15, -0.1) is 0 Å². The number of amides is 2. The second-order valence-electron chi connectivity index (χ2n) is 5.45. The first-order chi connectivity index (χ1) is 10.7. The van der Waals surface area contributed by atoms with Gasteiger partial charge in [-0.1, -0.05) is 30.3 Å². The predicted molar refractivity (Wildman–Crippen MR) is 86.8 cm³/mol. The SMILES string of the molecule is O=C(CCc1ccccc1)Nc1ccc2c(c1)CCC(=O)N2. The molecule has 112 valence electrons. The van der Waals surface area contributed by atoms with E-state index in [-0.39, 0.29) is 11.8 Å². The number of aryl methyl sites for hydroxylation is 2. The van der Waals surface area contributed by atoms with Gasteiger partial charge < -0.3 is 10.6 Å². The summed E-state index contributed by atoms with van der Waals surface area (Å²) in [6.45, 7) is 0. The minimum Gasteiger partial charge on any atom is -0.326 e. The van der Waals surface area contributed by atoms with E-state index in [9.17, 15) is 9.59 Å². The van der Waals surface area contributed by atoms with E-state index in [1.807, 2.05) is 48.5 Å². The highest BCUT2D eigenvalue weighted by atomic mass is 16.2. The summed E-state index contributed by atoms with van der Waals surface area (Å²) >= 11 is 0. The summed E-state index contributed by atoms with van der Waals surface area (Å²) in [5, 5.41) is 5.76. The van der Waals surface area contributed by atoms with Gasteiger partial charge in [0, 0.05) is 24.2 Å². The van der Waals surface area contributed by atoms with E-state index in [1.165, 1.54) is 0 Å². The monoisotopic (exact) mass is 294 g/mol. The van der Waals surface area contributed by atoms with E-state index in [0.717, 1.165) is 35.3 Å². The van der Waals surface area contributed by atoms with Crippen molar-refractivity contribution in [2.45, 2.75) is 25.7 Å². The molecule has 4 nitrogen and oxygen atoms in total. The second kappa shape index (κ2) is 6.43. The van der Waals surface area contributed by atoms with Crippen LogP contribution in [0.5, 0.6) is 0 Å². The molecule has 0 fully saturated rings. The fourth-order valence-corrected chi connectivity index (χ4v) is 2.59. The van der Waals surface area contributed by atoms with Gasteiger partial charge in [0.25, 0.3) is 0 Å². The summed E-state index contributed by atoms with van der Waals surface area (Å²) in [5.74, 6) is 0.0517. The highest BCUT2D eigenvalue weighted by Crippen LogP contribution is 2.25. The van der Waals surface area contributed by atoms with Crippen LogP contribution >= 0.6 is 0 Å². The third-order valence-corrected chi connectivity index (χ3v) is 3.77. The fraction of sp³-hybridized carbons (Fsp3) is 0.222. The van der Waals surface area contributed by atoms with Crippen LogP contribution in [0.4, 0.5) is 11.4 Å². The molecule has 2 N–H and O–H groups in total. The lowest BCUT2D eigenvalue weighted by atomic mass is 10.0. The third kappa shape index (κ3) is 3.52. The number of benzene rings is 2. The number of hydrogen-bond acceptors (Lipinski definition) is 2. The van der Waals surface area contributed by atoms with Crippen LogP contribution in [0.15, 0.2) is 48.5 Å². The lowest BCUT2D eigenvalue weighted by Crippen LogP contribution is -2.19. The van der Waals surface area contributed by atoms with E-state index in [0.29, 0.717) is 12.8 Å². The summed E-state index contributed by atoms with van der Waals surface area (Å²) < 4.78 is 0. The maximum absolute atomic E-state index is 12.0. The lowest BCUT2D eigenvalue weighted by Gasteiger charge is -2.17. The van der Waals surface area contributed by atoms with Crippen molar-refractivity contribution < 1.29 is 9.59 Å². The van der Waals surface area contributed by atoms with Gasteiger partial charge in [-0.2, -0.15) is 0 Å². The van der Waals surface area contributed by atoms with Crippen LogP contribution in [0.2, 0.25) is 0 Å². The van der Waals surface area contributed by atoms with Gasteiger partial charge in [0.05, 0.1) is 0 Å². The Morgan fingerprint density at radius 3 is 2.73 bits per heavy atom. The summed E-state index contributed by atoms with van der Waals surface area (Å²) in [6.07, 6.45) is 2.40. The van der Waals surface area contributed by atoms with Gasteiger partial charge in [0.1, 0.15) is 0 Å². The molecule has 0 saturated heterocycles. The standard InChI is InChI=1S/C18H18N2O2/c21-17(10-6-13-4-2-1-3-5-13)19-15-8-9-16-14(12-15)7-11-18(22)20-16/h1-5,8-9,12H,6-7,10-11H2,(H,19,21)(H,20,22). The zero-order chi connectivity index (χ0) is 15.4. The number of carbonyl (C=O) groups excluding carboxylic acids is 2. The van der Waals surface area contributed by atoms with Crippen molar-refractivity contribution in [1.29, 1.82) is 0 Å². The Hall–Kier alpha value is -2.62. The molecule has 0 aromatic heterocycles. The molecule has 2 aromatic rings. The zero-order valence-corrected chi connectivity index (χ0v) is 12.3. The molecule has 1 aliphatic heterocycles. The Morgan fingerprint density at radius 1 is 1.09 bits per heavy atom. The Morgan fingerprint density at radius 2 is 1.91 bits per heavy atom. The normalized spacial score (nSPS) is 13.2. The molecule has 3 rings (SSSR count). The predicted octanol–water partition coefficient (Wildman–Crippen LogP) is 3.14. The highest BCUT2D eigenvalue weighted by Gasteiger charge is 2.15. The number of rotatable bonds is 4. The van der Waals surface area contributed by atoms with Gasteiger partial charge in [-0.05, 0) is 42.2 Å². The van der Waals surface area contributed by atoms with E-state index in [4.69, 9.17) is 0 Å². The van der Waals surface area contributed by atoms with Crippen molar-refractivity contribution in [1.82, 2.24) is 0 Å². The van der Waals surface area contributed by atoms with Crippen molar-refractivity contribution >= 4 is 23.2 Å². The maximum atomic E-state index is 12.0. The van der Waals surface area contributed by atoms with Crippen LogP contribution in [0, 0.1) is 0 Å². The van der Waals surface area contributed by atoms with E-state index in [2.05, 4.69) is 10.6 Å². The quantitative estimate of drug-likeness (QED) is 0.910. The molecule has 1 heterocycles. The molecule has 0 saturated carbocycles. The van der Waals surface area contributed by atoms with Gasteiger partial charge in [-0.3, -0.25) is 9.59 Å². The molecule has 2 aromatic carbocycles. The molecule has 0 aliphatic carbocycles. The Kier molecular flexibility index (Phi) is 4.19. The second-order valence-corrected chi connectivity index (χ2v) is 5.45. The van der Waals surface area contributed by atoms with E-state index < -0.39 is 0 Å². The summed E-state index contributed by atoms with van der Waals surface area (Å²) in [7, 11) is 0. The van der Waals surface area contributed by atoms with Gasteiger partial charge >= 0.3 is 0 Å². The third-order valence-electron chi connectivity index (χ3n) is 3.77. The molecule has 0 radical (unpaired) electrons. The van der Waals surface area contributed by atoms with Gasteiger partial charge in [0.2, 0.25) is 11.8 Å². The van der Waals surface area contributed by atoms with Gasteiger partial charge in [-0.25, -0.2) is 0 Å². The summed E-state index contributed by atoms with van der Waals surface area (Å²) in [6, 6.07) is 15.6. The first kappa shape index (κ1) is 14.3. The number of fused-ring (bicyclic) bond motifs is 1. The average molecular weight is 294 g/mol. The number of carbonyl (C=O) groups is 2. The van der Waals surface area contributed by atoms with E-state index >= 15 is 0 Å². The fourth-order valence-electron chi connectivity index (χ4n) is 2.59. The molecular weight excluding hydrogens is 276 g/mol. The van der Waals surface area contributed by atoms with Crippen LogP contribution in [0.1, 0.15) is 24.0 Å². The van der Waals surface area contributed by atoms with E-state index in [1.54, 1.807) is 0 Å². The Balaban J connectivity index is 1.59. The van der Waals surface area contributed by atoms with Crippen LogP contribution in [0.3, 0.4) is 0 Å². The highest BCUT2D eigenvalue weighted by molar-refractivity contribution is 5.95. The molecular formula is C18H18N2O2. The van der Waals surface area contributed by atoms with Crippen molar-refractivity contribution in [2.75, 3.05) is 10.6 Å². The van der Waals surface area contributed by atoms with Crippen LogP contribution < -0.4 is 10.6 Å². The van der Waals surface area contributed by atoms with Gasteiger partial charge in [0.15, 0.2) is 0 Å². The molecule has 0 unspecified atom stereocenters. The molecule has 0 spiro atoms. The Bertz CT molecular complexity index is 695. The maximum Gasteiger partial charge on any atom is 0.224 e. The van der Waals surface area contributed by atoms with Crippen LogP contribution in [-0.2, 0) is 22.4 Å². The van der Waals surface area contributed by atoms with Crippen LogP contribution in [0.25, 0.3) is 0 Å². The number of hydrogen-bond donors (Lipinski definition) is 2. The molecule has 22 heavy (non-hydrogen) atoms. The Labute approximate surface area is 129 Å². The topological polar surface area (TPSA) is 58.2 Å². The molecule has 1 aliphatic rings. The van der Waals surface area contributed by atoms with Crippen molar-refractivity contribution in [3.05, 3.63) is 59.7 Å².